The van der Waals surface area contributed by atoms with E-state index < -0.39 is 133 Å². The van der Waals surface area contributed by atoms with Gasteiger partial charge in [-0.05, 0) is 48.9 Å². The summed E-state index contributed by atoms with van der Waals surface area (Å²) in [5.41, 5.74) is 6.06. The molecule has 0 saturated heterocycles. The fraction of sp³-hybridized carbons (Fsp3) is 0.773. The number of nitrogens with one attached hydrogen (secondary N) is 8. The van der Waals surface area contributed by atoms with Gasteiger partial charge in [-0.3, -0.25) is 43.2 Å². The maximum Gasteiger partial charge on any atom is 0.326 e. The number of nitrogens with two attached hydrogens (primary N) is 1. The zero-order valence-corrected chi connectivity index (χ0v) is 41.3. The van der Waals surface area contributed by atoms with Crippen LogP contribution in [0.2, 0.25) is 0 Å². The van der Waals surface area contributed by atoms with Crippen molar-refractivity contribution < 1.29 is 63.3 Å². The number of aliphatic hydroxyl groups is 1. The van der Waals surface area contributed by atoms with Gasteiger partial charge in [-0.1, -0.05) is 102 Å². The highest BCUT2D eigenvalue weighted by molar-refractivity contribution is 5.97. The van der Waals surface area contributed by atoms with Crippen LogP contribution < -0.4 is 48.3 Å². The van der Waals surface area contributed by atoms with E-state index in [1.54, 1.807) is 48.5 Å². The number of carboxylic acids is 2. The first-order valence-corrected chi connectivity index (χ1v) is 22.7. The first-order valence-electron chi connectivity index (χ1n) is 22.7. The van der Waals surface area contributed by atoms with Gasteiger partial charge in [0.15, 0.2) is 0 Å². The summed E-state index contributed by atoms with van der Waals surface area (Å²) in [7, 11) is 0. The predicted molar refractivity (Wildman–Crippen MR) is 246 cm³/mol. The predicted octanol–water partition coefficient (Wildman–Crippen LogP) is -0.492. The maximum absolute atomic E-state index is 13.6. The van der Waals surface area contributed by atoms with Crippen molar-refractivity contribution in [3.05, 3.63) is 0 Å². The summed E-state index contributed by atoms with van der Waals surface area (Å²) in [6, 6.07) is -9.32. The van der Waals surface area contributed by atoms with Crippen LogP contribution in [0.1, 0.15) is 123 Å². The molecule has 0 bridgehead atoms. The smallest absolute Gasteiger partial charge is 0.326 e. The summed E-state index contributed by atoms with van der Waals surface area (Å²) in [6.07, 6.45) is 1.79. The SMILES string of the molecule is CC(=O)O.CC[C@H](C)[C@H](N)C(=O)N[C@H](C(=O)N[C@@H](CO)C(=O)N[C@@H](C)C(=O)N[C@H](C(=O)N[C@@H](C(=O)NCC(=O)N[C@H](C(=O)N[C@@H](CC(C)C)C(=O)O)[C@@H](C)CC)C(C)C)C(C)C)[C@@H](C)CC. The van der Waals surface area contributed by atoms with E-state index in [0.29, 0.717) is 19.3 Å². The van der Waals surface area contributed by atoms with Crippen LogP contribution in [0.5, 0.6) is 0 Å². The fourth-order valence-electron chi connectivity index (χ4n) is 6.05. The molecule has 0 fully saturated rings. The van der Waals surface area contributed by atoms with Gasteiger partial charge in [-0.15, -0.1) is 0 Å². The average molecular weight is 944 g/mol. The number of amides is 8. The van der Waals surface area contributed by atoms with E-state index in [2.05, 4.69) is 42.5 Å². The Labute approximate surface area is 389 Å². The molecule has 0 spiro atoms. The summed E-state index contributed by atoms with van der Waals surface area (Å²) < 4.78 is 0. The molecule has 66 heavy (non-hydrogen) atoms. The van der Waals surface area contributed by atoms with E-state index in [4.69, 9.17) is 15.6 Å². The molecule has 22 heteroatoms. The molecule has 0 aliphatic rings. The average Bonchev–Trinajstić information content (AvgIpc) is 3.23. The lowest BCUT2D eigenvalue weighted by atomic mass is 9.95. The molecule has 0 radical (unpaired) electrons. The van der Waals surface area contributed by atoms with Crippen molar-refractivity contribution in [2.75, 3.05) is 13.2 Å². The first kappa shape index (κ1) is 62.7. The second-order valence-electron chi connectivity index (χ2n) is 17.9. The third-order valence-corrected chi connectivity index (χ3v) is 11.0. The molecule has 0 aromatic heterocycles. The van der Waals surface area contributed by atoms with Gasteiger partial charge in [0.1, 0.15) is 42.3 Å². The Morgan fingerprint density at radius 3 is 1.29 bits per heavy atom. The fourth-order valence-corrected chi connectivity index (χ4v) is 6.05. The van der Waals surface area contributed by atoms with Crippen LogP contribution in [0, 0.1) is 35.5 Å². The minimum atomic E-state index is -1.50. The monoisotopic (exact) mass is 944 g/mol. The number of hydrogen-bond donors (Lipinski definition) is 12. The Bertz CT molecular complexity index is 1620. The quantitative estimate of drug-likeness (QED) is 0.0471. The highest BCUT2D eigenvalue weighted by Gasteiger charge is 2.35. The minimum absolute atomic E-state index is 0.0222. The number of hydrogen-bond acceptors (Lipinski definition) is 12. The van der Waals surface area contributed by atoms with Gasteiger partial charge >= 0.3 is 5.97 Å². The van der Waals surface area contributed by atoms with E-state index >= 15 is 0 Å². The molecule has 0 rings (SSSR count). The highest BCUT2D eigenvalue weighted by Crippen LogP contribution is 2.13. The molecule has 0 aliphatic carbocycles. The summed E-state index contributed by atoms with van der Waals surface area (Å²) in [5.74, 6) is -9.80. The minimum Gasteiger partial charge on any atom is -0.481 e. The number of carboxylic acid groups (broad SMARTS) is 2. The van der Waals surface area contributed by atoms with Gasteiger partial charge in [0, 0.05) is 6.92 Å². The summed E-state index contributed by atoms with van der Waals surface area (Å²) >= 11 is 0. The van der Waals surface area contributed by atoms with Gasteiger partial charge in [-0.25, -0.2) is 4.79 Å². The van der Waals surface area contributed by atoms with Crippen molar-refractivity contribution in [3.8, 4) is 0 Å². The molecule has 380 valence electrons. The highest BCUT2D eigenvalue weighted by atomic mass is 16.4. The topological polar surface area (TPSA) is 354 Å². The number of aliphatic hydroxyl groups excluding tert-OH is 1. The maximum atomic E-state index is 13.6. The van der Waals surface area contributed by atoms with Crippen LogP contribution in [0.25, 0.3) is 0 Å². The number of rotatable bonds is 28. The summed E-state index contributed by atoms with van der Waals surface area (Å²) in [4.78, 5) is 126. The van der Waals surface area contributed by atoms with Crippen molar-refractivity contribution in [2.24, 2.45) is 41.2 Å². The Balaban J connectivity index is 0. The molecular weight excluding hydrogens is 863 g/mol. The van der Waals surface area contributed by atoms with Gasteiger partial charge in [0.05, 0.1) is 19.2 Å². The van der Waals surface area contributed by atoms with E-state index in [9.17, 15) is 53.4 Å². The molecule has 8 amide bonds. The Morgan fingerprint density at radius 1 is 0.485 bits per heavy atom. The normalized spacial score (nSPS) is 16.1. The van der Waals surface area contributed by atoms with Crippen LogP contribution >= 0.6 is 0 Å². The second-order valence-corrected chi connectivity index (χ2v) is 17.9. The second kappa shape index (κ2) is 31.5. The molecule has 13 N–H and O–H groups in total. The van der Waals surface area contributed by atoms with Crippen LogP contribution in [0.3, 0.4) is 0 Å². The van der Waals surface area contributed by atoms with E-state index in [1.165, 1.54) is 6.92 Å². The molecule has 0 aromatic rings. The lowest BCUT2D eigenvalue weighted by molar-refractivity contribution is -0.143. The molecule has 0 aliphatic heterocycles. The van der Waals surface area contributed by atoms with Gasteiger partial charge in [-0.2, -0.15) is 0 Å². The standard InChI is InChI=1S/C42H77N9O11.C2H4O2/c1-14-23(10)30(43)37(56)51-34(25(12)16-3)41(60)47-28(19-52)36(55)45-26(13)35(54)49-32(22(8)9)39(58)50-31(21(6)7)38(57)44-18-29(53)48-33(24(11)15-2)40(59)46-27(42(61)62)17-20(4)5;1-2(3)4/h20-28,30-34,52H,14-19,43H2,1-13H3,(H,44,57)(H,45,55)(H,46,59)(H,47,60)(H,48,53)(H,49,54)(H,50,58)(H,51,56)(H,61,62);1H3,(H,3,4)/t23-,24-,25-,26-,27-,28-,30-,31+,32-,33-,34-;/m0./s1. The van der Waals surface area contributed by atoms with Crippen molar-refractivity contribution in [3.63, 3.8) is 0 Å². The molecular formula is C44H81N9O13. The Kier molecular flexibility index (Phi) is 29.9. The largest absolute Gasteiger partial charge is 0.481 e. The van der Waals surface area contributed by atoms with E-state index in [-0.39, 0.29) is 30.1 Å². The zero-order valence-electron chi connectivity index (χ0n) is 41.3. The summed E-state index contributed by atoms with van der Waals surface area (Å²) in [6.45, 7) is 22.0. The molecule has 0 saturated carbocycles. The Morgan fingerprint density at radius 2 is 0.879 bits per heavy atom. The Hall–Kier alpha value is -5.38. The van der Waals surface area contributed by atoms with Crippen LogP contribution in [0.15, 0.2) is 0 Å². The number of carbonyl (C=O) groups is 10. The molecule has 11 atom stereocenters. The third-order valence-electron chi connectivity index (χ3n) is 11.0. The van der Waals surface area contributed by atoms with Gasteiger partial charge in [0.25, 0.3) is 5.97 Å². The number of carbonyl (C=O) groups excluding carboxylic acids is 8. The van der Waals surface area contributed by atoms with Crippen LogP contribution in [0.4, 0.5) is 0 Å². The third kappa shape index (κ3) is 23.2. The van der Waals surface area contributed by atoms with Crippen LogP contribution in [-0.2, 0) is 47.9 Å². The molecule has 0 unspecified atom stereocenters. The lowest BCUT2D eigenvalue weighted by Crippen LogP contribution is -2.61. The van der Waals surface area contributed by atoms with Crippen molar-refractivity contribution in [1.29, 1.82) is 0 Å². The van der Waals surface area contributed by atoms with Crippen molar-refractivity contribution >= 4 is 59.2 Å². The van der Waals surface area contributed by atoms with Crippen LogP contribution in [-0.4, -0.2) is 136 Å². The van der Waals surface area contributed by atoms with E-state index in [1.807, 2.05) is 34.6 Å². The van der Waals surface area contributed by atoms with Gasteiger partial charge < -0.3 is 63.6 Å². The van der Waals surface area contributed by atoms with Gasteiger partial charge in [0.2, 0.25) is 47.3 Å². The zero-order chi connectivity index (χ0) is 51.8. The van der Waals surface area contributed by atoms with Crippen molar-refractivity contribution in [2.45, 2.75) is 171 Å². The first-order chi connectivity index (χ1) is 30.5. The summed E-state index contributed by atoms with van der Waals surface area (Å²) in [5, 5.41) is 47.3. The van der Waals surface area contributed by atoms with Crippen molar-refractivity contribution in [1.82, 2.24) is 42.5 Å². The molecule has 22 nitrogen and oxygen atoms in total. The lowest BCUT2D eigenvalue weighted by Gasteiger charge is -2.29. The number of aliphatic carboxylic acids is 2. The van der Waals surface area contributed by atoms with E-state index in [0.717, 1.165) is 6.92 Å². The molecule has 0 heterocycles. The molecule has 0 aromatic carbocycles.